The van der Waals surface area contributed by atoms with Crippen molar-refractivity contribution >= 4 is 10.1 Å². The molecule has 0 atom stereocenters. The van der Waals surface area contributed by atoms with Gasteiger partial charge >= 0.3 is 10.1 Å². The predicted octanol–water partition coefficient (Wildman–Crippen LogP) is 0.834. The Labute approximate surface area is 77.2 Å². The van der Waals surface area contributed by atoms with Gasteiger partial charge in [-0.1, -0.05) is 12.1 Å². The number of hydrogen-bond acceptors (Lipinski definition) is 4. The lowest BCUT2D eigenvalue weighted by atomic mass is 10.3. The van der Waals surface area contributed by atoms with Gasteiger partial charge in [-0.25, -0.2) is 0 Å². The van der Waals surface area contributed by atoms with Crippen LogP contribution >= 0.6 is 0 Å². The van der Waals surface area contributed by atoms with Crippen LogP contribution in [-0.2, 0) is 10.1 Å². The molecule has 0 spiro atoms. The van der Waals surface area contributed by atoms with Crippen molar-refractivity contribution in [3.05, 3.63) is 24.3 Å². The Bertz CT molecular complexity index is 383. The van der Waals surface area contributed by atoms with Crippen molar-refractivity contribution in [2.45, 2.75) is 0 Å². The summed E-state index contributed by atoms with van der Waals surface area (Å²) in [7, 11) is -2.09. The summed E-state index contributed by atoms with van der Waals surface area (Å²) in [6.45, 7) is 0. The first kappa shape index (κ1) is 9.85. The molecule has 0 unspecified atom stereocenters. The lowest BCUT2D eigenvalue weighted by Gasteiger charge is -2.06. The van der Waals surface area contributed by atoms with E-state index in [0.29, 0.717) is 0 Å². The van der Waals surface area contributed by atoms with Crippen LogP contribution in [0.15, 0.2) is 18.2 Å². The number of hydrogen-bond donors (Lipinski definition) is 0. The zero-order valence-corrected chi connectivity index (χ0v) is 8.09. The first-order valence-corrected chi connectivity index (χ1v) is 5.29. The summed E-state index contributed by atoms with van der Waals surface area (Å²) in [5.41, 5.74) is 0. The Balaban J connectivity index is 3.01. The van der Waals surface area contributed by atoms with Gasteiger partial charge in [0.2, 0.25) is 0 Å². The molecule has 13 heavy (non-hydrogen) atoms. The maximum atomic E-state index is 10.8. The molecule has 1 radical (unpaired) electrons. The molecule has 0 heterocycles. The molecule has 5 heteroatoms. The van der Waals surface area contributed by atoms with Crippen molar-refractivity contribution < 1.29 is 17.3 Å². The SMILES string of the molecule is COc1[c]cccc1OS(C)(=O)=O. The summed E-state index contributed by atoms with van der Waals surface area (Å²) in [6, 6.07) is 7.41. The Kier molecular flexibility index (Phi) is 2.77. The fraction of sp³-hybridized carbons (Fsp3) is 0.250. The van der Waals surface area contributed by atoms with Gasteiger partial charge in [0, 0.05) is 6.07 Å². The van der Waals surface area contributed by atoms with E-state index in [1.54, 1.807) is 12.1 Å². The van der Waals surface area contributed by atoms with Crippen molar-refractivity contribution in [3.63, 3.8) is 0 Å². The normalized spacial score (nSPS) is 10.9. The van der Waals surface area contributed by atoms with E-state index in [1.807, 2.05) is 0 Å². The topological polar surface area (TPSA) is 52.6 Å². The van der Waals surface area contributed by atoms with Crippen molar-refractivity contribution in [2.24, 2.45) is 0 Å². The largest absolute Gasteiger partial charge is 0.492 e. The molecule has 1 rings (SSSR count). The molecule has 0 amide bonds. The Morgan fingerprint density at radius 1 is 1.46 bits per heavy atom. The quantitative estimate of drug-likeness (QED) is 0.680. The summed E-state index contributed by atoms with van der Waals surface area (Å²) < 4.78 is 31.0. The highest BCUT2D eigenvalue weighted by Crippen LogP contribution is 2.26. The van der Waals surface area contributed by atoms with Gasteiger partial charge in [0.05, 0.1) is 13.4 Å². The minimum absolute atomic E-state index is 0.146. The fourth-order valence-corrected chi connectivity index (χ4v) is 1.25. The molecular formula is C8H9O4S. The van der Waals surface area contributed by atoms with Gasteiger partial charge < -0.3 is 8.92 Å². The molecule has 71 valence electrons. The van der Waals surface area contributed by atoms with Gasteiger partial charge in [0.1, 0.15) is 0 Å². The van der Waals surface area contributed by atoms with Gasteiger partial charge in [0.15, 0.2) is 11.5 Å². The van der Waals surface area contributed by atoms with E-state index >= 15 is 0 Å². The van der Waals surface area contributed by atoms with Crippen LogP contribution in [0.25, 0.3) is 0 Å². The number of para-hydroxylation sites is 1. The van der Waals surface area contributed by atoms with Crippen LogP contribution in [0.2, 0.25) is 0 Å². The van der Waals surface area contributed by atoms with E-state index in [4.69, 9.17) is 4.74 Å². The zero-order valence-electron chi connectivity index (χ0n) is 7.27. The highest BCUT2D eigenvalue weighted by molar-refractivity contribution is 7.86. The molecule has 0 aliphatic rings. The van der Waals surface area contributed by atoms with Gasteiger partial charge in [0.25, 0.3) is 0 Å². The highest BCUT2D eigenvalue weighted by atomic mass is 32.2. The Hall–Kier alpha value is -1.23. The van der Waals surface area contributed by atoms with Crippen molar-refractivity contribution in [3.8, 4) is 11.5 Å². The molecule has 0 saturated heterocycles. The second-order valence-electron chi connectivity index (χ2n) is 2.36. The van der Waals surface area contributed by atoms with E-state index in [9.17, 15) is 8.42 Å². The molecule has 0 N–H and O–H groups in total. The first-order valence-electron chi connectivity index (χ1n) is 3.47. The molecule has 0 fully saturated rings. The van der Waals surface area contributed by atoms with Crippen molar-refractivity contribution in [1.29, 1.82) is 0 Å². The third kappa shape index (κ3) is 2.95. The standard InChI is InChI=1S/C8H9O4S/c1-11-7-5-3-4-6-8(7)12-13(2,9)10/h3-4,6H,1-2H3. The average molecular weight is 201 g/mol. The number of benzene rings is 1. The van der Waals surface area contributed by atoms with E-state index in [-0.39, 0.29) is 11.5 Å². The zero-order chi connectivity index (χ0) is 9.90. The molecule has 1 aromatic carbocycles. The summed E-state index contributed by atoms with van der Waals surface area (Å²) >= 11 is 0. The number of ether oxygens (including phenoxy) is 1. The average Bonchev–Trinajstić information content (AvgIpc) is 2.02. The fourth-order valence-electron chi connectivity index (χ4n) is 0.794. The highest BCUT2D eigenvalue weighted by Gasteiger charge is 2.08. The van der Waals surface area contributed by atoms with E-state index in [1.165, 1.54) is 13.2 Å². The monoisotopic (exact) mass is 201 g/mol. The van der Waals surface area contributed by atoms with Gasteiger partial charge in [-0.15, -0.1) is 0 Å². The van der Waals surface area contributed by atoms with Crippen LogP contribution in [0.4, 0.5) is 0 Å². The van der Waals surface area contributed by atoms with Crippen LogP contribution in [0, 0.1) is 6.07 Å². The maximum Gasteiger partial charge on any atom is 0.306 e. The molecule has 4 nitrogen and oxygen atoms in total. The molecule has 1 aromatic rings. The minimum atomic E-state index is -3.51. The molecule has 0 aliphatic carbocycles. The summed E-state index contributed by atoms with van der Waals surface area (Å²) in [5, 5.41) is 0. The first-order chi connectivity index (χ1) is 6.03. The van der Waals surface area contributed by atoms with Crippen LogP contribution in [0.3, 0.4) is 0 Å². The molecule has 0 bridgehead atoms. The molecule has 0 saturated carbocycles. The summed E-state index contributed by atoms with van der Waals surface area (Å²) in [5.74, 6) is 0.417. The second kappa shape index (κ2) is 3.66. The van der Waals surface area contributed by atoms with Gasteiger partial charge in [-0.3, -0.25) is 0 Å². The maximum absolute atomic E-state index is 10.8. The molecular weight excluding hydrogens is 192 g/mol. The summed E-state index contributed by atoms with van der Waals surface area (Å²) in [6.07, 6.45) is 0.972. The lowest BCUT2D eigenvalue weighted by Crippen LogP contribution is -2.06. The minimum Gasteiger partial charge on any atom is -0.492 e. The van der Waals surface area contributed by atoms with E-state index in [2.05, 4.69) is 10.2 Å². The predicted molar refractivity (Wildman–Crippen MR) is 47.3 cm³/mol. The molecule has 0 aromatic heterocycles. The second-order valence-corrected chi connectivity index (χ2v) is 3.93. The van der Waals surface area contributed by atoms with E-state index in [0.717, 1.165) is 6.26 Å². The number of rotatable bonds is 3. The third-order valence-electron chi connectivity index (χ3n) is 1.23. The Morgan fingerprint density at radius 2 is 2.15 bits per heavy atom. The van der Waals surface area contributed by atoms with Gasteiger partial charge in [-0.05, 0) is 6.07 Å². The van der Waals surface area contributed by atoms with Crippen LogP contribution in [-0.4, -0.2) is 21.8 Å². The smallest absolute Gasteiger partial charge is 0.306 e. The van der Waals surface area contributed by atoms with Crippen molar-refractivity contribution in [2.75, 3.05) is 13.4 Å². The van der Waals surface area contributed by atoms with Crippen LogP contribution in [0.5, 0.6) is 11.5 Å². The van der Waals surface area contributed by atoms with Crippen LogP contribution in [0.1, 0.15) is 0 Å². The van der Waals surface area contributed by atoms with E-state index < -0.39 is 10.1 Å². The Morgan fingerprint density at radius 3 is 2.69 bits per heavy atom. The molecule has 0 aliphatic heterocycles. The van der Waals surface area contributed by atoms with Crippen molar-refractivity contribution in [1.82, 2.24) is 0 Å². The third-order valence-corrected chi connectivity index (χ3v) is 1.71. The van der Waals surface area contributed by atoms with Crippen LogP contribution < -0.4 is 8.92 Å². The lowest BCUT2D eigenvalue weighted by molar-refractivity contribution is 0.390. The summed E-state index contributed by atoms with van der Waals surface area (Å²) in [4.78, 5) is 0. The van der Waals surface area contributed by atoms with Gasteiger partial charge in [-0.2, -0.15) is 8.42 Å². The number of methoxy groups -OCH3 is 1.